The molecule has 1 aliphatic rings. The summed E-state index contributed by atoms with van der Waals surface area (Å²) in [6.45, 7) is 2.96. The highest BCUT2D eigenvalue weighted by Crippen LogP contribution is 2.34. The minimum Gasteiger partial charge on any atom is -0.496 e. The molecule has 1 saturated heterocycles. The van der Waals surface area contributed by atoms with Crippen LogP contribution in [0, 0.1) is 11.8 Å². The largest absolute Gasteiger partial charge is 0.496 e. The van der Waals surface area contributed by atoms with Crippen LogP contribution >= 0.6 is 0 Å². The number of aromatic nitrogens is 1. The van der Waals surface area contributed by atoms with Crippen molar-refractivity contribution in [3.05, 3.63) is 29.5 Å². The Kier molecular flexibility index (Phi) is 5.54. The molecule has 1 atom stereocenters. The van der Waals surface area contributed by atoms with E-state index in [1.54, 1.807) is 25.3 Å². The maximum atomic E-state index is 11.8. The van der Waals surface area contributed by atoms with Gasteiger partial charge in [0.15, 0.2) is 0 Å². The van der Waals surface area contributed by atoms with Gasteiger partial charge in [-0.1, -0.05) is 5.92 Å². The van der Waals surface area contributed by atoms with Crippen molar-refractivity contribution in [3.63, 3.8) is 0 Å². The fourth-order valence-electron chi connectivity index (χ4n) is 3.49. The molecule has 1 unspecified atom stereocenters. The lowest BCUT2D eigenvalue weighted by Crippen LogP contribution is -2.41. The number of hydrogen-bond donors (Lipinski definition) is 2. The molecule has 0 spiro atoms. The van der Waals surface area contributed by atoms with Crippen LogP contribution in [0.2, 0.25) is 0 Å². The lowest BCUT2D eigenvalue weighted by atomic mass is 10.0. The third kappa shape index (κ3) is 3.78. The van der Waals surface area contributed by atoms with Gasteiger partial charge >= 0.3 is 6.09 Å². The Morgan fingerprint density at radius 2 is 2.07 bits per heavy atom. The van der Waals surface area contributed by atoms with E-state index in [2.05, 4.69) is 16.8 Å². The van der Waals surface area contributed by atoms with E-state index in [-0.39, 0.29) is 11.7 Å². The van der Waals surface area contributed by atoms with Gasteiger partial charge in [0.05, 0.1) is 24.8 Å². The average Bonchev–Trinajstić information content (AvgIpc) is 2.67. The molecule has 0 radical (unpaired) electrons. The van der Waals surface area contributed by atoms with Gasteiger partial charge in [-0.25, -0.2) is 9.78 Å². The van der Waals surface area contributed by atoms with Gasteiger partial charge in [0, 0.05) is 23.5 Å². The lowest BCUT2D eigenvalue weighted by molar-refractivity contribution is 0.0963. The molecule has 28 heavy (non-hydrogen) atoms. The van der Waals surface area contributed by atoms with Crippen molar-refractivity contribution in [2.75, 3.05) is 25.1 Å². The molecule has 2 amide bonds. The number of carbonyl (C=O) groups excluding carboxylic acids is 2. The van der Waals surface area contributed by atoms with E-state index < -0.39 is 12.0 Å². The van der Waals surface area contributed by atoms with Crippen LogP contribution in [0.15, 0.2) is 18.3 Å². The molecule has 3 rings (SSSR count). The number of nitrogens with zero attached hydrogens (tertiary/aromatic N) is 2. The first-order valence-corrected chi connectivity index (χ1v) is 8.89. The van der Waals surface area contributed by atoms with Gasteiger partial charge in [-0.2, -0.15) is 0 Å². The number of primary amides is 2. The summed E-state index contributed by atoms with van der Waals surface area (Å²) < 4.78 is 10.5. The average molecular weight is 382 g/mol. The second kappa shape index (κ2) is 8.05. The van der Waals surface area contributed by atoms with Crippen molar-refractivity contribution in [3.8, 4) is 17.6 Å². The molecule has 0 bridgehead atoms. The molecule has 1 aliphatic heterocycles. The Labute approximate surface area is 162 Å². The van der Waals surface area contributed by atoms with Crippen LogP contribution < -0.4 is 21.1 Å². The van der Waals surface area contributed by atoms with Gasteiger partial charge in [-0.3, -0.25) is 4.79 Å². The van der Waals surface area contributed by atoms with E-state index in [4.69, 9.17) is 20.9 Å². The molecule has 8 nitrogen and oxygen atoms in total. The van der Waals surface area contributed by atoms with E-state index in [0.717, 1.165) is 30.2 Å². The SMILES string of the molecule is CC#Cc1cnc(N2CCCC(OC(N)=O)C2)c2cc(OC)c(C(N)=O)cc12. The summed E-state index contributed by atoms with van der Waals surface area (Å²) in [5, 5.41) is 1.54. The second-order valence-electron chi connectivity index (χ2n) is 6.48. The summed E-state index contributed by atoms with van der Waals surface area (Å²) in [5.41, 5.74) is 11.6. The third-order valence-corrected chi connectivity index (χ3v) is 4.67. The molecule has 1 aromatic carbocycles. The quantitative estimate of drug-likeness (QED) is 0.778. The third-order valence-electron chi connectivity index (χ3n) is 4.67. The Morgan fingerprint density at radius 1 is 1.29 bits per heavy atom. The number of nitrogens with two attached hydrogens (primary N) is 2. The number of carbonyl (C=O) groups is 2. The zero-order valence-electron chi connectivity index (χ0n) is 15.8. The summed E-state index contributed by atoms with van der Waals surface area (Å²) in [6, 6.07) is 3.43. The van der Waals surface area contributed by atoms with Gasteiger partial charge in [0.25, 0.3) is 5.91 Å². The standard InChI is InChI=1S/C20H22N4O4/c1-3-5-12-10-23-19(24-7-4-6-13(11-24)28-20(22)26)15-9-17(27-2)16(18(21)25)8-14(12)15/h8-10,13H,4,6-7,11H2,1-2H3,(H2,21,25)(H2,22,26). The summed E-state index contributed by atoms with van der Waals surface area (Å²) in [7, 11) is 1.48. The van der Waals surface area contributed by atoms with Crippen molar-refractivity contribution in [1.29, 1.82) is 0 Å². The monoisotopic (exact) mass is 382 g/mol. The lowest BCUT2D eigenvalue weighted by Gasteiger charge is -2.33. The zero-order chi connectivity index (χ0) is 20.3. The highest BCUT2D eigenvalue weighted by atomic mass is 16.6. The molecule has 4 N–H and O–H groups in total. The smallest absolute Gasteiger partial charge is 0.404 e. The summed E-state index contributed by atoms with van der Waals surface area (Å²) in [6.07, 6.45) is 2.15. The number of piperidine rings is 1. The number of rotatable bonds is 4. The topological polar surface area (TPSA) is 121 Å². The highest BCUT2D eigenvalue weighted by molar-refractivity contribution is 6.05. The second-order valence-corrected chi connectivity index (χ2v) is 6.48. The number of pyridine rings is 1. The Hall–Kier alpha value is -3.47. The van der Waals surface area contributed by atoms with Crippen LogP contribution in [0.25, 0.3) is 10.8 Å². The first kappa shape index (κ1) is 19.3. The fraction of sp³-hybridized carbons (Fsp3) is 0.350. The van der Waals surface area contributed by atoms with Crippen molar-refractivity contribution in [1.82, 2.24) is 4.98 Å². The van der Waals surface area contributed by atoms with Crippen LogP contribution in [-0.2, 0) is 4.74 Å². The zero-order valence-corrected chi connectivity index (χ0v) is 15.8. The molecule has 8 heteroatoms. The molecule has 0 saturated carbocycles. The molecular weight excluding hydrogens is 360 g/mol. The number of methoxy groups -OCH3 is 1. The summed E-state index contributed by atoms with van der Waals surface area (Å²) in [5.74, 6) is 6.35. The van der Waals surface area contributed by atoms with Crippen LogP contribution in [-0.4, -0.2) is 43.3 Å². The predicted octanol–water partition coefficient (Wildman–Crippen LogP) is 1.78. The van der Waals surface area contributed by atoms with Crippen LogP contribution in [0.1, 0.15) is 35.7 Å². The Morgan fingerprint density at radius 3 is 2.71 bits per heavy atom. The van der Waals surface area contributed by atoms with Gasteiger partial charge in [-0.05, 0) is 31.9 Å². The van der Waals surface area contributed by atoms with Gasteiger partial charge in [0.1, 0.15) is 17.7 Å². The minimum atomic E-state index is -0.786. The van der Waals surface area contributed by atoms with E-state index in [1.807, 2.05) is 4.90 Å². The van der Waals surface area contributed by atoms with E-state index in [1.165, 1.54) is 7.11 Å². The predicted molar refractivity (Wildman–Crippen MR) is 105 cm³/mol. The molecule has 2 aromatic rings. The van der Waals surface area contributed by atoms with Crippen LogP contribution in [0.4, 0.5) is 10.6 Å². The van der Waals surface area contributed by atoms with Crippen LogP contribution in [0.5, 0.6) is 5.75 Å². The van der Waals surface area contributed by atoms with Crippen molar-refractivity contribution >= 4 is 28.6 Å². The Bertz CT molecular complexity index is 993. The van der Waals surface area contributed by atoms with Gasteiger partial charge in [-0.15, -0.1) is 5.92 Å². The molecular formula is C20H22N4O4. The van der Waals surface area contributed by atoms with Crippen molar-refractivity contribution in [2.45, 2.75) is 25.9 Å². The fourth-order valence-corrected chi connectivity index (χ4v) is 3.49. The number of fused-ring (bicyclic) bond motifs is 1. The molecule has 1 aromatic heterocycles. The summed E-state index contributed by atoms with van der Waals surface area (Å²) >= 11 is 0. The number of ether oxygens (including phenoxy) is 2. The summed E-state index contributed by atoms with van der Waals surface area (Å²) in [4.78, 5) is 29.6. The molecule has 0 aliphatic carbocycles. The van der Waals surface area contributed by atoms with Crippen molar-refractivity contribution in [2.24, 2.45) is 11.5 Å². The Balaban J connectivity index is 2.14. The first-order valence-electron chi connectivity index (χ1n) is 8.89. The highest BCUT2D eigenvalue weighted by Gasteiger charge is 2.25. The molecule has 2 heterocycles. The number of benzene rings is 1. The van der Waals surface area contributed by atoms with Crippen molar-refractivity contribution < 1.29 is 19.1 Å². The number of anilines is 1. The maximum absolute atomic E-state index is 11.8. The van der Waals surface area contributed by atoms with E-state index >= 15 is 0 Å². The van der Waals surface area contributed by atoms with Gasteiger partial charge in [0.2, 0.25) is 0 Å². The van der Waals surface area contributed by atoms with E-state index in [0.29, 0.717) is 23.7 Å². The van der Waals surface area contributed by atoms with Crippen LogP contribution in [0.3, 0.4) is 0 Å². The van der Waals surface area contributed by atoms with E-state index in [9.17, 15) is 9.59 Å². The maximum Gasteiger partial charge on any atom is 0.404 e. The van der Waals surface area contributed by atoms with Gasteiger partial charge < -0.3 is 25.8 Å². The molecule has 146 valence electrons. The number of hydrogen-bond acceptors (Lipinski definition) is 6. The normalized spacial score (nSPS) is 16.2. The first-order chi connectivity index (χ1) is 13.4. The minimum absolute atomic E-state index is 0.278. The molecule has 1 fully saturated rings. The number of amides is 2.